The Morgan fingerprint density at radius 2 is 1.76 bits per heavy atom. The fraction of sp³-hybridized carbons (Fsp3) is 0.421. The second kappa shape index (κ2) is 12.6. The van der Waals surface area contributed by atoms with Crippen molar-refractivity contribution in [2.75, 3.05) is 12.9 Å². The van der Waals surface area contributed by atoms with Gasteiger partial charge in [0, 0.05) is 25.6 Å². The molecule has 2 atom stereocenters. The lowest BCUT2D eigenvalue weighted by Gasteiger charge is -2.22. The first-order valence-corrected chi connectivity index (χ1v) is 9.56. The average Bonchev–Trinajstić information content (AvgIpc) is 2.72. The van der Waals surface area contributed by atoms with Crippen LogP contribution in [0.15, 0.2) is 24.3 Å². The fourth-order valence-corrected chi connectivity index (χ4v) is 2.65. The summed E-state index contributed by atoms with van der Waals surface area (Å²) in [4.78, 5) is 47.6. The number of benzene rings is 1. The van der Waals surface area contributed by atoms with Crippen molar-refractivity contribution < 1.29 is 23.9 Å². The number of Topliss-reactive ketones (excluding diaryl/α,β-unsaturated/α-hetero) is 1. The van der Waals surface area contributed by atoms with Crippen LogP contribution in [-0.4, -0.2) is 54.7 Å². The standard InChI is InChI=1S/C19H26N4O5S/c1-12(24)22-17(11-29)19(27)23-16(8-5-14(25)9-20)18(26)21-10-13-3-6-15(28-2)7-4-13/h3-4,6-7,9,16-17,20,29H,5,8,10-11H2,1-2H3,(H,21,26)(H,22,24)(H,23,27)/t16-,17-/m0/s1. The third-order valence-electron chi connectivity index (χ3n) is 3.98. The Morgan fingerprint density at radius 3 is 2.28 bits per heavy atom. The van der Waals surface area contributed by atoms with Gasteiger partial charge in [0.05, 0.1) is 13.3 Å². The molecule has 0 aliphatic carbocycles. The van der Waals surface area contributed by atoms with Crippen LogP contribution in [0.25, 0.3) is 0 Å². The van der Waals surface area contributed by atoms with Gasteiger partial charge in [-0.05, 0) is 24.1 Å². The molecule has 0 fully saturated rings. The van der Waals surface area contributed by atoms with E-state index in [4.69, 9.17) is 10.1 Å². The SMILES string of the molecule is COc1ccc(CNC(=O)[C@H](CCC(=O)C=N)NC(=O)[C@H](CS)NC(C)=O)cc1. The number of amides is 3. The Balaban J connectivity index is 2.78. The molecule has 0 radical (unpaired) electrons. The molecule has 9 nitrogen and oxygen atoms in total. The molecule has 0 heterocycles. The van der Waals surface area contributed by atoms with Crippen LogP contribution in [0, 0.1) is 5.41 Å². The molecular weight excluding hydrogens is 396 g/mol. The van der Waals surface area contributed by atoms with E-state index in [9.17, 15) is 19.2 Å². The maximum Gasteiger partial charge on any atom is 0.244 e. The van der Waals surface area contributed by atoms with E-state index in [0.29, 0.717) is 12.0 Å². The molecule has 0 aliphatic rings. The molecule has 0 saturated carbocycles. The van der Waals surface area contributed by atoms with Gasteiger partial charge < -0.3 is 26.1 Å². The van der Waals surface area contributed by atoms with E-state index >= 15 is 0 Å². The maximum absolute atomic E-state index is 12.6. The van der Waals surface area contributed by atoms with E-state index in [1.54, 1.807) is 31.4 Å². The highest BCUT2D eigenvalue weighted by atomic mass is 32.1. The zero-order chi connectivity index (χ0) is 21.8. The quantitative estimate of drug-likeness (QED) is 0.243. The van der Waals surface area contributed by atoms with Gasteiger partial charge in [-0.3, -0.25) is 19.2 Å². The van der Waals surface area contributed by atoms with Crippen molar-refractivity contribution in [1.82, 2.24) is 16.0 Å². The summed E-state index contributed by atoms with van der Waals surface area (Å²) in [7, 11) is 1.55. The van der Waals surface area contributed by atoms with Crippen molar-refractivity contribution in [3.8, 4) is 5.75 Å². The predicted molar refractivity (Wildman–Crippen MR) is 111 cm³/mol. The largest absolute Gasteiger partial charge is 0.497 e. The highest BCUT2D eigenvalue weighted by Crippen LogP contribution is 2.11. The van der Waals surface area contributed by atoms with Gasteiger partial charge in [-0.1, -0.05) is 12.1 Å². The zero-order valence-corrected chi connectivity index (χ0v) is 17.3. The van der Waals surface area contributed by atoms with Gasteiger partial charge in [0.2, 0.25) is 17.7 Å². The summed E-state index contributed by atoms with van der Waals surface area (Å²) < 4.78 is 5.08. The number of carbonyl (C=O) groups is 4. The van der Waals surface area contributed by atoms with Crippen LogP contribution in [-0.2, 0) is 25.7 Å². The zero-order valence-electron chi connectivity index (χ0n) is 16.4. The topological polar surface area (TPSA) is 137 Å². The molecule has 0 spiro atoms. The van der Waals surface area contributed by atoms with Crippen LogP contribution in [0.5, 0.6) is 5.75 Å². The molecule has 0 bridgehead atoms. The second-order valence-electron chi connectivity index (χ2n) is 6.21. The van der Waals surface area contributed by atoms with Crippen LogP contribution in [0.3, 0.4) is 0 Å². The number of rotatable bonds is 12. The Morgan fingerprint density at radius 1 is 1.10 bits per heavy atom. The maximum atomic E-state index is 12.6. The van der Waals surface area contributed by atoms with Crippen molar-refractivity contribution in [2.24, 2.45) is 0 Å². The number of carbonyl (C=O) groups excluding carboxylic acids is 4. The van der Waals surface area contributed by atoms with Crippen molar-refractivity contribution in [2.45, 2.75) is 38.4 Å². The van der Waals surface area contributed by atoms with E-state index in [2.05, 4.69) is 28.6 Å². The van der Waals surface area contributed by atoms with Gasteiger partial charge in [0.1, 0.15) is 17.8 Å². The first kappa shape index (κ1) is 24.2. The Kier molecular flexibility index (Phi) is 10.5. The Bertz CT molecular complexity index is 739. The average molecular weight is 423 g/mol. The van der Waals surface area contributed by atoms with Gasteiger partial charge in [0.25, 0.3) is 0 Å². The predicted octanol–water partition coefficient (Wildman–Crippen LogP) is 0.230. The van der Waals surface area contributed by atoms with Gasteiger partial charge in [0.15, 0.2) is 5.78 Å². The fourth-order valence-electron chi connectivity index (χ4n) is 2.40. The Hall–Kier alpha value is -2.88. The summed E-state index contributed by atoms with van der Waals surface area (Å²) in [5.41, 5.74) is 0.825. The molecule has 0 unspecified atom stereocenters. The molecule has 0 aromatic heterocycles. The van der Waals surface area contributed by atoms with Gasteiger partial charge in [-0.15, -0.1) is 0 Å². The number of ether oxygens (including phenoxy) is 1. The van der Waals surface area contributed by atoms with E-state index in [1.165, 1.54) is 6.92 Å². The lowest BCUT2D eigenvalue weighted by Crippen LogP contribution is -2.54. The van der Waals surface area contributed by atoms with Crippen molar-refractivity contribution in [1.29, 1.82) is 5.41 Å². The monoisotopic (exact) mass is 422 g/mol. The highest BCUT2D eigenvalue weighted by molar-refractivity contribution is 7.80. The summed E-state index contributed by atoms with van der Waals surface area (Å²) in [6, 6.07) is 5.19. The molecule has 1 aromatic rings. The number of ketones is 1. The number of hydrogen-bond acceptors (Lipinski definition) is 7. The number of nitrogens with one attached hydrogen (secondary N) is 4. The van der Waals surface area contributed by atoms with Crippen molar-refractivity contribution >= 4 is 42.3 Å². The summed E-state index contributed by atoms with van der Waals surface area (Å²) >= 11 is 4.04. The summed E-state index contributed by atoms with van der Waals surface area (Å²) in [5, 5.41) is 14.7. The minimum Gasteiger partial charge on any atom is -0.497 e. The lowest BCUT2D eigenvalue weighted by molar-refractivity contribution is -0.131. The molecule has 10 heteroatoms. The number of methoxy groups -OCH3 is 1. The summed E-state index contributed by atoms with van der Waals surface area (Å²) in [5.74, 6) is -1.19. The Labute approximate surface area is 174 Å². The van der Waals surface area contributed by atoms with E-state index in [-0.39, 0.29) is 25.1 Å². The molecule has 1 rings (SSSR count). The molecule has 29 heavy (non-hydrogen) atoms. The molecule has 0 saturated heterocycles. The molecular formula is C19H26N4O5S. The highest BCUT2D eigenvalue weighted by Gasteiger charge is 2.25. The smallest absolute Gasteiger partial charge is 0.244 e. The van der Waals surface area contributed by atoms with Gasteiger partial charge >= 0.3 is 0 Å². The summed E-state index contributed by atoms with van der Waals surface area (Å²) in [6.07, 6.45) is 0.617. The van der Waals surface area contributed by atoms with E-state index < -0.39 is 35.6 Å². The number of hydrogen-bond donors (Lipinski definition) is 5. The third-order valence-corrected chi connectivity index (χ3v) is 4.34. The van der Waals surface area contributed by atoms with Crippen LogP contribution in [0.2, 0.25) is 0 Å². The van der Waals surface area contributed by atoms with Gasteiger partial charge in [-0.25, -0.2) is 0 Å². The molecule has 0 aliphatic heterocycles. The van der Waals surface area contributed by atoms with Crippen LogP contribution >= 0.6 is 12.6 Å². The van der Waals surface area contributed by atoms with Crippen LogP contribution in [0.1, 0.15) is 25.3 Å². The minimum absolute atomic E-state index is 0.0216. The molecule has 1 aromatic carbocycles. The van der Waals surface area contributed by atoms with Crippen molar-refractivity contribution in [3.63, 3.8) is 0 Å². The van der Waals surface area contributed by atoms with Crippen LogP contribution < -0.4 is 20.7 Å². The molecule has 4 N–H and O–H groups in total. The molecule has 3 amide bonds. The second-order valence-corrected chi connectivity index (χ2v) is 6.58. The minimum atomic E-state index is -0.999. The van der Waals surface area contributed by atoms with E-state index in [0.717, 1.165) is 5.56 Å². The molecule has 158 valence electrons. The summed E-state index contributed by atoms with van der Waals surface area (Å²) in [6.45, 7) is 1.49. The third kappa shape index (κ3) is 8.77. The normalized spacial score (nSPS) is 12.2. The number of thiol groups is 1. The van der Waals surface area contributed by atoms with Crippen molar-refractivity contribution in [3.05, 3.63) is 29.8 Å². The lowest BCUT2D eigenvalue weighted by atomic mass is 10.1. The van der Waals surface area contributed by atoms with E-state index in [1.807, 2.05) is 0 Å². The van der Waals surface area contributed by atoms with Crippen LogP contribution in [0.4, 0.5) is 0 Å². The first-order valence-electron chi connectivity index (χ1n) is 8.93. The first-order chi connectivity index (χ1) is 13.8. The van der Waals surface area contributed by atoms with Gasteiger partial charge in [-0.2, -0.15) is 12.6 Å².